The molecule has 0 saturated heterocycles. The molecule has 0 amide bonds. The molecule has 0 aliphatic heterocycles. The second-order valence-electron chi connectivity index (χ2n) is 3.62. The molecule has 0 fully saturated rings. The zero-order valence-electron chi connectivity index (χ0n) is 9.19. The van der Waals surface area contributed by atoms with Gasteiger partial charge in [-0.15, -0.1) is 0 Å². The van der Waals surface area contributed by atoms with E-state index in [1.807, 2.05) is 31.2 Å². The molecule has 1 rings (SSSR count). The summed E-state index contributed by atoms with van der Waals surface area (Å²) >= 11 is 0. The minimum Gasteiger partial charge on any atom is -0.469 e. The first kappa shape index (κ1) is 11.7. The van der Waals surface area contributed by atoms with Crippen LogP contribution in [0, 0.1) is 6.92 Å². The fraction of sp³-hybridized carbons (Fsp3) is 0.417. The first-order chi connectivity index (χ1) is 7.17. The molecule has 3 nitrogen and oxygen atoms in total. The smallest absolute Gasteiger partial charge is 0.306 e. The van der Waals surface area contributed by atoms with Gasteiger partial charge < -0.3 is 10.5 Å². The molecule has 2 N–H and O–H groups in total. The second-order valence-corrected chi connectivity index (χ2v) is 3.62. The van der Waals surface area contributed by atoms with Crippen molar-refractivity contribution < 1.29 is 9.53 Å². The number of nitrogens with two attached hydrogens (primary N) is 1. The van der Waals surface area contributed by atoms with Crippen molar-refractivity contribution in [3.63, 3.8) is 0 Å². The first-order valence-electron chi connectivity index (χ1n) is 5.00. The average molecular weight is 207 g/mol. The molecule has 0 spiro atoms. The zero-order chi connectivity index (χ0) is 11.3. The number of methoxy groups -OCH3 is 1. The van der Waals surface area contributed by atoms with Crippen molar-refractivity contribution in [2.75, 3.05) is 13.7 Å². The fourth-order valence-electron chi connectivity index (χ4n) is 1.46. The van der Waals surface area contributed by atoms with Gasteiger partial charge in [0.15, 0.2) is 0 Å². The van der Waals surface area contributed by atoms with Crippen molar-refractivity contribution in [3.8, 4) is 0 Å². The molecule has 0 aliphatic carbocycles. The summed E-state index contributed by atoms with van der Waals surface area (Å²) in [4.78, 5) is 11.1. The monoisotopic (exact) mass is 207 g/mol. The van der Waals surface area contributed by atoms with E-state index in [0.717, 1.165) is 5.56 Å². The Morgan fingerprint density at radius 2 is 2.00 bits per heavy atom. The highest BCUT2D eigenvalue weighted by Gasteiger charge is 2.14. The van der Waals surface area contributed by atoms with Crippen LogP contribution in [0.15, 0.2) is 24.3 Å². The molecule has 0 saturated carbocycles. The van der Waals surface area contributed by atoms with E-state index in [4.69, 9.17) is 5.73 Å². The highest BCUT2D eigenvalue weighted by atomic mass is 16.5. The summed E-state index contributed by atoms with van der Waals surface area (Å²) in [5.74, 6) is -0.163. The molecule has 1 atom stereocenters. The zero-order valence-corrected chi connectivity index (χ0v) is 9.19. The number of hydrogen-bond acceptors (Lipinski definition) is 3. The van der Waals surface area contributed by atoms with E-state index in [1.54, 1.807) is 0 Å². The highest BCUT2D eigenvalue weighted by molar-refractivity contribution is 5.70. The Morgan fingerprint density at radius 3 is 2.47 bits per heavy atom. The molecule has 0 aliphatic rings. The molecule has 0 aromatic heterocycles. The summed E-state index contributed by atoms with van der Waals surface area (Å²) in [6.07, 6.45) is 0.343. The lowest BCUT2D eigenvalue weighted by Gasteiger charge is -2.13. The van der Waals surface area contributed by atoms with E-state index in [9.17, 15) is 4.79 Å². The Labute approximate surface area is 90.2 Å². The Bertz CT molecular complexity index is 319. The van der Waals surface area contributed by atoms with Gasteiger partial charge >= 0.3 is 5.97 Å². The van der Waals surface area contributed by atoms with Crippen LogP contribution in [0.1, 0.15) is 23.5 Å². The van der Waals surface area contributed by atoms with Crippen molar-refractivity contribution >= 4 is 5.97 Å². The minimum absolute atomic E-state index is 0.0537. The van der Waals surface area contributed by atoms with Crippen LogP contribution in [0.2, 0.25) is 0 Å². The molecule has 15 heavy (non-hydrogen) atoms. The van der Waals surface area contributed by atoms with E-state index in [0.29, 0.717) is 13.0 Å². The SMILES string of the molecule is COC(=O)C[C@@H](CN)c1ccc(C)cc1. The lowest BCUT2D eigenvalue weighted by Crippen LogP contribution is -2.17. The quantitative estimate of drug-likeness (QED) is 0.763. The van der Waals surface area contributed by atoms with Crippen LogP contribution in [0.5, 0.6) is 0 Å². The van der Waals surface area contributed by atoms with Gasteiger partial charge in [0.2, 0.25) is 0 Å². The van der Waals surface area contributed by atoms with E-state index in [2.05, 4.69) is 4.74 Å². The van der Waals surface area contributed by atoms with Gasteiger partial charge in [-0.25, -0.2) is 0 Å². The number of carbonyl (C=O) groups is 1. The van der Waals surface area contributed by atoms with E-state index in [-0.39, 0.29) is 11.9 Å². The van der Waals surface area contributed by atoms with Crippen LogP contribution in [0.3, 0.4) is 0 Å². The summed E-state index contributed by atoms with van der Waals surface area (Å²) in [6.45, 7) is 2.49. The summed E-state index contributed by atoms with van der Waals surface area (Å²) < 4.78 is 4.63. The predicted molar refractivity (Wildman–Crippen MR) is 59.6 cm³/mol. The normalized spacial score (nSPS) is 12.2. The Kier molecular flexibility index (Phi) is 4.31. The maximum atomic E-state index is 11.1. The average Bonchev–Trinajstić information content (AvgIpc) is 2.27. The number of ether oxygens (including phenoxy) is 1. The Balaban J connectivity index is 2.74. The van der Waals surface area contributed by atoms with Gasteiger partial charge in [-0.2, -0.15) is 0 Å². The van der Waals surface area contributed by atoms with Crippen molar-refractivity contribution in [1.82, 2.24) is 0 Å². The number of hydrogen-bond donors (Lipinski definition) is 1. The van der Waals surface area contributed by atoms with Gasteiger partial charge in [0.1, 0.15) is 0 Å². The van der Waals surface area contributed by atoms with Crippen molar-refractivity contribution in [2.45, 2.75) is 19.3 Å². The van der Waals surface area contributed by atoms with Gasteiger partial charge in [-0.3, -0.25) is 4.79 Å². The van der Waals surface area contributed by atoms with E-state index in [1.165, 1.54) is 12.7 Å². The largest absolute Gasteiger partial charge is 0.469 e. The third-order valence-corrected chi connectivity index (χ3v) is 2.47. The Hall–Kier alpha value is -1.35. The number of rotatable bonds is 4. The van der Waals surface area contributed by atoms with Gasteiger partial charge in [-0.1, -0.05) is 29.8 Å². The van der Waals surface area contributed by atoms with E-state index < -0.39 is 0 Å². The minimum atomic E-state index is -0.217. The maximum Gasteiger partial charge on any atom is 0.306 e. The van der Waals surface area contributed by atoms with Crippen LogP contribution in [-0.2, 0) is 9.53 Å². The fourth-order valence-corrected chi connectivity index (χ4v) is 1.46. The van der Waals surface area contributed by atoms with Crippen LogP contribution in [0.25, 0.3) is 0 Å². The van der Waals surface area contributed by atoms with Gasteiger partial charge in [-0.05, 0) is 19.0 Å². The highest BCUT2D eigenvalue weighted by Crippen LogP contribution is 2.19. The third-order valence-electron chi connectivity index (χ3n) is 2.47. The third kappa shape index (κ3) is 3.36. The topological polar surface area (TPSA) is 52.3 Å². The number of aryl methyl sites for hydroxylation is 1. The molecule has 0 bridgehead atoms. The van der Waals surface area contributed by atoms with Gasteiger partial charge in [0, 0.05) is 5.92 Å². The van der Waals surface area contributed by atoms with Gasteiger partial charge in [0.05, 0.1) is 13.5 Å². The number of benzene rings is 1. The Morgan fingerprint density at radius 1 is 1.40 bits per heavy atom. The standard InChI is InChI=1S/C12H17NO2/c1-9-3-5-10(6-4-9)11(8-13)7-12(14)15-2/h3-6,11H,7-8,13H2,1-2H3/t11-/m0/s1. The van der Waals surface area contributed by atoms with Crippen molar-refractivity contribution in [2.24, 2.45) is 5.73 Å². The summed E-state index contributed by atoms with van der Waals surface area (Å²) in [7, 11) is 1.39. The molecule has 3 heteroatoms. The summed E-state index contributed by atoms with van der Waals surface area (Å²) in [5, 5.41) is 0. The van der Waals surface area contributed by atoms with Crippen molar-refractivity contribution in [1.29, 1.82) is 0 Å². The molecule has 82 valence electrons. The van der Waals surface area contributed by atoms with Gasteiger partial charge in [0.25, 0.3) is 0 Å². The summed E-state index contributed by atoms with van der Waals surface area (Å²) in [6, 6.07) is 8.07. The number of esters is 1. The molecule has 0 heterocycles. The lowest BCUT2D eigenvalue weighted by molar-refractivity contribution is -0.141. The lowest BCUT2D eigenvalue weighted by atomic mass is 9.95. The maximum absolute atomic E-state index is 11.1. The first-order valence-corrected chi connectivity index (χ1v) is 5.00. The molecule has 1 aromatic carbocycles. The van der Waals surface area contributed by atoms with Crippen LogP contribution in [0.4, 0.5) is 0 Å². The molecule has 0 radical (unpaired) electrons. The molecule has 1 aromatic rings. The van der Waals surface area contributed by atoms with Crippen molar-refractivity contribution in [3.05, 3.63) is 35.4 Å². The number of carbonyl (C=O) groups excluding carboxylic acids is 1. The predicted octanol–water partition coefficient (Wildman–Crippen LogP) is 1.60. The molecular formula is C12H17NO2. The van der Waals surface area contributed by atoms with Crippen LogP contribution in [-0.4, -0.2) is 19.6 Å². The second kappa shape index (κ2) is 5.51. The van der Waals surface area contributed by atoms with Crippen LogP contribution < -0.4 is 5.73 Å². The summed E-state index contributed by atoms with van der Waals surface area (Å²) in [5.41, 5.74) is 7.93. The van der Waals surface area contributed by atoms with Crippen LogP contribution >= 0.6 is 0 Å². The molecular weight excluding hydrogens is 190 g/mol. The van der Waals surface area contributed by atoms with E-state index >= 15 is 0 Å². The molecule has 0 unspecified atom stereocenters.